The fraction of sp³-hybridized carbons (Fsp3) is 1.00. The van der Waals surface area contributed by atoms with Gasteiger partial charge in [-0.05, 0) is 39.7 Å². The molecule has 18 heavy (non-hydrogen) atoms. The Morgan fingerprint density at radius 3 is 2.33 bits per heavy atom. The second-order valence-corrected chi connectivity index (χ2v) is 7.12. The van der Waals surface area contributed by atoms with Crippen LogP contribution in [0.5, 0.6) is 0 Å². The summed E-state index contributed by atoms with van der Waals surface area (Å²) in [6.45, 7) is 10.5. The Bertz CT molecular complexity index is 269. The van der Waals surface area contributed by atoms with Crippen LogP contribution in [-0.4, -0.2) is 54.1 Å². The largest absolute Gasteiger partial charge is 0.324 e. The van der Waals surface area contributed by atoms with Gasteiger partial charge in [0, 0.05) is 37.3 Å². The zero-order valence-corrected chi connectivity index (χ0v) is 12.7. The highest BCUT2D eigenvalue weighted by Gasteiger charge is 2.35. The maximum absolute atomic E-state index is 6.65. The number of hydrogen-bond acceptors (Lipinski definition) is 3. The minimum Gasteiger partial charge on any atom is -0.324 e. The maximum Gasteiger partial charge on any atom is 0.0285 e. The molecule has 1 aliphatic carbocycles. The van der Waals surface area contributed by atoms with Gasteiger partial charge in [0.2, 0.25) is 0 Å². The Labute approximate surface area is 113 Å². The minimum absolute atomic E-state index is 0.0764. The molecule has 0 amide bonds. The highest BCUT2D eigenvalue weighted by atomic mass is 15.3. The molecule has 2 N–H and O–H groups in total. The van der Waals surface area contributed by atoms with Crippen molar-refractivity contribution in [2.45, 2.75) is 64.1 Å². The first-order chi connectivity index (χ1) is 8.39. The number of likely N-dealkylation sites (N-methyl/N-ethyl adjacent to an activating group) is 1. The van der Waals surface area contributed by atoms with Crippen molar-refractivity contribution >= 4 is 0 Å². The molecule has 0 aromatic heterocycles. The van der Waals surface area contributed by atoms with E-state index in [9.17, 15) is 0 Å². The molecule has 1 aliphatic heterocycles. The third kappa shape index (κ3) is 3.25. The standard InChI is InChI=1S/C15H31N3/c1-12-6-5-7-15(16,8-12)11-18-9-13(2)17(4)14(3)10-18/h12-14H,5-11,16H2,1-4H3. The summed E-state index contributed by atoms with van der Waals surface area (Å²) in [5.74, 6) is 0.811. The smallest absolute Gasteiger partial charge is 0.0285 e. The van der Waals surface area contributed by atoms with E-state index in [2.05, 4.69) is 37.6 Å². The monoisotopic (exact) mass is 253 g/mol. The average Bonchev–Trinajstić information content (AvgIpc) is 2.24. The zero-order valence-electron chi connectivity index (χ0n) is 12.7. The first-order valence-electron chi connectivity index (χ1n) is 7.63. The van der Waals surface area contributed by atoms with E-state index in [1.807, 2.05) is 0 Å². The van der Waals surface area contributed by atoms with E-state index in [0.717, 1.165) is 12.5 Å². The van der Waals surface area contributed by atoms with E-state index in [1.54, 1.807) is 0 Å². The number of nitrogens with zero attached hydrogens (tertiary/aromatic N) is 2. The molecule has 0 spiro atoms. The number of nitrogens with two attached hydrogens (primary N) is 1. The van der Waals surface area contributed by atoms with Crippen LogP contribution >= 0.6 is 0 Å². The quantitative estimate of drug-likeness (QED) is 0.816. The molecule has 4 atom stereocenters. The van der Waals surface area contributed by atoms with Gasteiger partial charge >= 0.3 is 0 Å². The van der Waals surface area contributed by atoms with E-state index in [0.29, 0.717) is 12.1 Å². The minimum atomic E-state index is 0.0764. The first-order valence-corrected chi connectivity index (χ1v) is 7.63. The van der Waals surface area contributed by atoms with Gasteiger partial charge < -0.3 is 5.73 Å². The van der Waals surface area contributed by atoms with Crippen LogP contribution in [0.15, 0.2) is 0 Å². The summed E-state index contributed by atoms with van der Waals surface area (Å²) in [5.41, 5.74) is 6.73. The topological polar surface area (TPSA) is 32.5 Å². The van der Waals surface area contributed by atoms with E-state index in [4.69, 9.17) is 5.73 Å². The first kappa shape index (κ1) is 14.3. The molecule has 4 unspecified atom stereocenters. The van der Waals surface area contributed by atoms with Gasteiger partial charge in [-0.2, -0.15) is 0 Å². The Balaban J connectivity index is 1.92. The van der Waals surface area contributed by atoms with Gasteiger partial charge in [-0.1, -0.05) is 19.8 Å². The third-order valence-corrected chi connectivity index (χ3v) is 5.10. The van der Waals surface area contributed by atoms with Crippen LogP contribution in [0.1, 0.15) is 46.5 Å². The molecule has 106 valence electrons. The van der Waals surface area contributed by atoms with Crippen LogP contribution in [0.2, 0.25) is 0 Å². The summed E-state index contributed by atoms with van der Waals surface area (Å²) < 4.78 is 0. The summed E-state index contributed by atoms with van der Waals surface area (Å²) in [7, 11) is 2.24. The van der Waals surface area contributed by atoms with Gasteiger partial charge in [-0.15, -0.1) is 0 Å². The molecule has 0 radical (unpaired) electrons. The van der Waals surface area contributed by atoms with Crippen LogP contribution in [0.3, 0.4) is 0 Å². The Morgan fingerprint density at radius 1 is 1.17 bits per heavy atom. The molecule has 3 heteroatoms. The molecule has 1 saturated heterocycles. The number of hydrogen-bond donors (Lipinski definition) is 1. The summed E-state index contributed by atoms with van der Waals surface area (Å²) in [4.78, 5) is 5.09. The molecule has 3 nitrogen and oxygen atoms in total. The molecule has 0 aromatic carbocycles. The third-order valence-electron chi connectivity index (χ3n) is 5.10. The SMILES string of the molecule is CC1CCCC(N)(CN2CC(C)N(C)C(C)C2)C1. The Morgan fingerprint density at radius 2 is 1.78 bits per heavy atom. The highest BCUT2D eigenvalue weighted by Crippen LogP contribution is 2.31. The van der Waals surface area contributed by atoms with Gasteiger partial charge in [-0.25, -0.2) is 0 Å². The molecule has 0 bridgehead atoms. The van der Waals surface area contributed by atoms with Crippen LogP contribution in [0.25, 0.3) is 0 Å². The predicted octanol–water partition coefficient (Wildman–Crippen LogP) is 1.92. The molecule has 2 aliphatic rings. The molecule has 1 heterocycles. The van der Waals surface area contributed by atoms with Crippen LogP contribution in [0, 0.1) is 5.92 Å². The molecule has 2 rings (SSSR count). The zero-order chi connectivity index (χ0) is 13.3. The number of piperazine rings is 1. The van der Waals surface area contributed by atoms with Crippen molar-refractivity contribution in [3.63, 3.8) is 0 Å². The Kier molecular flexibility index (Phi) is 4.35. The van der Waals surface area contributed by atoms with E-state index < -0.39 is 0 Å². The predicted molar refractivity (Wildman–Crippen MR) is 77.7 cm³/mol. The van der Waals surface area contributed by atoms with Crippen LogP contribution in [0.4, 0.5) is 0 Å². The van der Waals surface area contributed by atoms with E-state index in [-0.39, 0.29) is 5.54 Å². The summed E-state index contributed by atoms with van der Waals surface area (Å²) in [6.07, 6.45) is 5.11. The highest BCUT2D eigenvalue weighted by molar-refractivity contribution is 4.95. The van der Waals surface area contributed by atoms with Crippen molar-refractivity contribution in [3.05, 3.63) is 0 Å². The normalized spacial score (nSPS) is 44.2. The average molecular weight is 253 g/mol. The molecular weight excluding hydrogens is 222 g/mol. The van der Waals surface area contributed by atoms with Gasteiger partial charge in [0.05, 0.1) is 0 Å². The lowest BCUT2D eigenvalue weighted by Gasteiger charge is -2.47. The van der Waals surface area contributed by atoms with Gasteiger partial charge in [0.1, 0.15) is 0 Å². The van der Waals surface area contributed by atoms with Crippen LogP contribution < -0.4 is 5.73 Å². The fourth-order valence-electron chi connectivity index (χ4n) is 3.93. The lowest BCUT2D eigenvalue weighted by molar-refractivity contribution is 0.0376. The van der Waals surface area contributed by atoms with Gasteiger partial charge in [0.15, 0.2) is 0 Å². The Hall–Kier alpha value is -0.120. The second kappa shape index (κ2) is 5.48. The summed E-state index contributed by atoms with van der Waals surface area (Å²) in [5, 5.41) is 0. The van der Waals surface area contributed by atoms with Crippen LogP contribution in [-0.2, 0) is 0 Å². The van der Waals surface area contributed by atoms with Crippen molar-refractivity contribution < 1.29 is 0 Å². The molecular formula is C15H31N3. The van der Waals surface area contributed by atoms with Gasteiger partial charge in [-0.3, -0.25) is 9.80 Å². The van der Waals surface area contributed by atoms with Crippen molar-refractivity contribution in [1.82, 2.24) is 9.80 Å². The van der Waals surface area contributed by atoms with Crippen molar-refractivity contribution in [1.29, 1.82) is 0 Å². The fourth-order valence-corrected chi connectivity index (χ4v) is 3.93. The molecule has 1 saturated carbocycles. The van der Waals surface area contributed by atoms with E-state index in [1.165, 1.54) is 38.8 Å². The summed E-state index contributed by atoms with van der Waals surface area (Å²) in [6, 6.07) is 1.30. The second-order valence-electron chi connectivity index (χ2n) is 7.12. The number of rotatable bonds is 2. The molecule has 0 aromatic rings. The van der Waals surface area contributed by atoms with Crippen molar-refractivity contribution in [2.75, 3.05) is 26.7 Å². The van der Waals surface area contributed by atoms with Crippen molar-refractivity contribution in [3.8, 4) is 0 Å². The summed E-state index contributed by atoms with van der Waals surface area (Å²) >= 11 is 0. The van der Waals surface area contributed by atoms with E-state index >= 15 is 0 Å². The van der Waals surface area contributed by atoms with Gasteiger partial charge in [0.25, 0.3) is 0 Å². The van der Waals surface area contributed by atoms with Crippen molar-refractivity contribution in [2.24, 2.45) is 11.7 Å². The molecule has 2 fully saturated rings. The maximum atomic E-state index is 6.65. The lowest BCUT2D eigenvalue weighted by Crippen LogP contribution is -2.60. The lowest BCUT2D eigenvalue weighted by atomic mass is 9.76.